The predicted octanol–water partition coefficient (Wildman–Crippen LogP) is 21.9. The van der Waals surface area contributed by atoms with Crippen molar-refractivity contribution in [2.24, 2.45) is 0 Å². The van der Waals surface area contributed by atoms with E-state index in [4.69, 9.17) is 36.0 Å². The minimum absolute atomic E-state index is 0.198. The van der Waals surface area contributed by atoms with Crippen LogP contribution in [0.25, 0.3) is 67.4 Å². The van der Waals surface area contributed by atoms with E-state index in [0.717, 1.165) is 48.7 Å². The van der Waals surface area contributed by atoms with Gasteiger partial charge in [-0.15, -0.1) is 91.6 Å². The van der Waals surface area contributed by atoms with Crippen molar-refractivity contribution in [2.75, 3.05) is 28.4 Å². The first kappa shape index (κ1) is 71.2. The van der Waals surface area contributed by atoms with E-state index in [9.17, 15) is 0 Å². The third-order valence-corrected chi connectivity index (χ3v) is 27.1. The molecular weight excluding hydrogens is 1410 g/mol. The predicted molar refractivity (Wildman–Crippen MR) is 441 cm³/mol. The summed E-state index contributed by atoms with van der Waals surface area (Å²) in [7, 11) is 14.5. The van der Waals surface area contributed by atoms with E-state index < -0.39 is 38.4 Å². The topological polar surface area (TPSA) is 36.9 Å². The van der Waals surface area contributed by atoms with Crippen molar-refractivity contribution in [1.29, 1.82) is 0 Å². The number of allylic oxidation sites excluding steroid dienone is 12. The van der Waals surface area contributed by atoms with Gasteiger partial charge in [0.2, 0.25) is 0 Å². The van der Waals surface area contributed by atoms with Crippen LogP contribution in [0.3, 0.4) is 0 Å². The number of hydrogen-bond donors (Lipinski definition) is 0. The molecule has 0 aliphatic heterocycles. The molecule has 0 heterocycles. The summed E-state index contributed by atoms with van der Waals surface area (Å²) in [4.78, 5) is 0. The summed E-state index contributed by atoms with van der Waals surface area (Å²) < 4.78 is 22.0. The molecule has 0 spiro atoms. The second-order valence-electron chi connectivity index (χ2n) is 27.2. The number of rotatable bonds is 16. The Labute approximate surface area is 630 Å². The third-order valence-electron chi connectivity index (χ3n) is 21.7. The molecule has 516 valence electrons. The molecule has 0 saturated heterocycles. The van der Waals surface area contributed by atoms with Gasteiger partial charge in [0.05, 0.1) is 28.4 Å². The molecular formula is C94H86Cl2O4Si2Zr-4. The maximum absolute atomic E-state index is 5.49. The maximum atomic E-state index is 5.49. The molecule has 103 heavy (non-hydrogen) atoms. The zero-order chi connectivity index (χ0) is 71.4. The van der Waals surface area contributed by atoms with Crippen LogP contribution < -0.4 is 39.7 Å². The van der Waals surface area contributed by atoms with E-state index >= 15 is 0 Å². The van der Waals surface area contributed by atoms with Crippen LogP contribution in [0, 0.1) is 0 Å². The Morgan fingerprint density at radius 1 is 0.301 bits per heavy atom. The zero-order valence-electron chi connectivity index (χ0n) is 60.4. The van der Waals surface area contributed by atoms with Crippen LogP contribution in [0.4, 0.5) is 0 Å². The molecule has 0 saturated carbocycles. The van der Waals surface area contributed by atoms with Gasteiger partial charge in [0.1, 0.15) is 23.0 Å². The molecule has 12 aromatic carbocycles. The molecule has 0 amide bonds. The molecule has 4 unspecified atom stereocenters. The monoisotopic (exact) mass is 1490 g/mol. The number of benzene rings is 8. The van der Waals surface area contributed by atoms with Crippen LogP contribution in [0.15, 0.2) is 243 Å². The number of methoxy groups -OCH3 is 4. The first-order valence-electron chi connectivity index (χ1n) is 36.1. The van der Waals surface area contributed by atoms with Gasteiger partial charge in [-0.05, 0) is 163 Å². The molecule has 0 bridgehead atoms. The van der Waals surface area contributed by atoms with Crippen LogP contribution in [0.5, 0.6) is 23.0 Å². The molecule has 4 aliphatic rings. The van der Waals surface area contributed by atoms with E-state index in [1.54, 1.807) is 49.2 Å². The molecule has 4 atom stereocenters. The summed E-state index contributed by atoms with van der Waals surface area (Å²) in [6.45, 7) is 14.4. The first-order valence-corrected chi connectivity index (χ1v) is 46.4. The molecule has 4 aliphatic carbocycles. The second-order valence-corrected chi connectivity index (χ2v) is 35.4. The van der Waals surface area contributed by atoms with Crippen molar-refractivity contribution in [3.8, 4) is 23.0 Å². The number of hydrogen-bond acceptors (Lipinski definition) is 4. The standard InChI is InChI=1S/2C47H43O2Si.2ClH.Zr/c2*1-6-30-28-44-40(36-18-16-34-26-38(48-3)22-20-32(34)24-36)12-8-10-14-42(44)46(30)50(5)47-31(7-2)29-45-41(13-9-11-15-43(45)47)37-19-17-35-27-39(49-4)23-21-33(35)25-37;;;/h2*8-29,40-41H,6-7H2,1-5H3;2*1H;/q2*-2;;;+2/p-2. The summed E-state index contributed by atoms with van der Waals surface area (Å²) >= 11 is -0.826. The van der Waals surface area contributed by atoms with Crippen molar-refractivity contribution >= 4 is 123 Å². The average Bonchev–Trinajstić information content (AvgIpc) is 1.60. The number of aryl methyl sites for hydroxylation is 4. The first-order chi connectivity index (χ1) is 50.4. The average molecular weight is 1500 g/mol. The van der Waals surface area contributed by atoms with Gasteiger partial charge in [-0.25, -0.2) is 0 Å². The fraction of sp³-hybridized carbons (Fsp3) is 0.191. The number of fused-ring (bicyclic) bond motifs is 8. The normalized spacial score (nSPS) is 16.2. The molecule has 0 N–H and O–H groups in total. The van der Waals surface area contributed by atoms with E-state index in [1.165, 1.54) is 132 Å². The fourth-order valence-electron chi connectivity index (χ4n) is 16.6. The second kappa shape index (κ2) is 31.7. The van der Waals surface area contributed by atoms with Crippen LogP contribution >= 0.6 is 17.0 Å². The van der Waals surface area contributed by atoms with Gasteiger partial charge < -0.3 is 18.9 Å². The Bertz CT molecular complexity index is 4760. The third kappa shape index (κ3) is 14.0. The SMILES string of the molecule is CCc1cc2c([c-]1[Si](C)[c-]1c(CC)cc3c1C=CC=CC3c1ccc3cc(OC)ccc3c1)C=CC=CC2c1ccc2cc(OC)ccc2c1.CCc1cc2c([c-]1[Si](C)[c-]1c(CC)cc3c1C=CC=CC3c1ccc3cc(OC)ccc3c1)C=CC=CC2c1ccc2cc(OC)ccc2c1.[Cl][Zr][Cl]. The minimum atomic E-state index is -1.13. The molecule has 0 fully saturated rings. The summed E-state index contributed by atoms with van der Waals surface area (Å²) in [6, 6.07) is 63.2. The Kier molecular flexibility index (Phi) is 21.9. The summed E-state index contributed by atoms with van der Waals surface area (Å²) in [5.74, 6) is 4.36. The van der Waals surface area contributed by atoms with E-state index in [2.05, 4.69) is 308 Å². The van der Waals surface area contributed by atoms with Gasteiger partial charge in [0.25, 0.3) is 0 Å². The van der Waals surface area contributed by atoms with Gasteiger partial charge in [0, 0.05) is 17.6 Å². The van der Waals surface area contributed by atoms with E-state index in [1.807, 2.05) is 0 Å². The Balaban J connectivity index is 0.000000168. The van der Waals surface area contributed by atoms with Gasteiger partial charge in [-0.1, -0.05) is 186 Å². The fourth-order valence-corrected chi connectivity index (χ4v) is 22.6. The van der Waals surface area contributed by atoms with Crippen LogP contribution in [0.2, 0.25) is 13.1 Å². The zero-order valence-corrected chi connectivity index (χ0v) is 66.4. The van der Waals surface area contributed by atoms with Gasteiger partial charge in [0.15, 0.2) is 0 Å². The van der Waals surface area contributed by atoms with Crippen molar-refractivity contribution in [3.05, 3.63) is 332 Å². The van der Waals surface area contributed by atoms with Gasteiger partial charge >= 0.3 is 37.9 Å². The van der Waals surface area contributed by atoms with Crippen LogP contribution in [-0.2, 0) is 46.5 Å². The van der Waals surface area contributed by atoms with E-state index in [-0.39, 0.29) is 23.7 Å². The van der Waals surface area contributed by atoms with Gasteiger partial charge in [-0.3, -0.25) is 0 Å². The Hall–Kier alpha value is -8.78. The Morgan fingerprint density at radius 3 is 0.709 bits per heavy atom. The van der Waals surface area contributed by atoms with Gasteiger partial charge in [-0.2, -0.15) is 68.8 Å². The Morgan fingerprint density at radius 2 is 0.505 bits per heavy atom. The van der Waals surface area contributed by atoms with Crippen molar-refractivity contribution < 1.29 is 39.8 Å². The summed E-state index contributed by atoms with van der Waals surface area (Å²) in [6.07, 6.45) is 41.1. The van der Waals surface area contributed by atoms with Crippen molar-refractivity contribution in [3.63, 3.8) is 0 Å². The number of ether oxygens (including phenoxy) is 4. The summed E-state index contributed by atoms with van der Waals surface area (Å²) in [5.41, 5.74) is 22.7. The number of halogens is 2. The van der Waals surface area contributed by atoms with Crippen LogP contribution in [0.1, 0.15) is 140 Å². The molecule has 0 aromatic heterocycles. The molecule has 2 radical (unpaired) electrons. The molecule has 12 aromatic rings. The van der Waals surface area contributed by atoms with Crippen LogP contribution in [-0.4, -0.2) is 46.0 Å². The molecule has 16 rings (SSSR count). The van der Waals surface area contributed by atoms with E-state index in [0.29, 0.717) is 0 Å². The molecule has 9 heteroatoms. The quantitative estimate of drug-likeness (QED) is 0.0714. The van der Waals surface area contributed by atoms with Crippen molar-refractivity contribution in [1.82, 2.24) is 0 Å². The molecule has 4 nitrogen and oxygen atoms in total. The summed E-state index contributed by atoms with van der Waals surface area (Å²) in [5, 5.41) is 16.1. The van der Waals surface area contributed by atoms with Crippen molar-refractivity contribution in [2.45, 2.75) is 90.1 Å².